The summed E-state index contributed by atoms with van der Waals surface area (Å²) in [5, 5.41) is 20.5. The number of nitrogens with one attached hydrogen (secondary N) is 2. The van der Waals surface area contributed by atoms with E-state index >= 15 is 0 Å². The van der Waals surface area contributed by atoms with Crippen molar-refractivity contribution in [2.24, 2.45) is 0 Å². The maximum absolute atomic E-state index is 10.3. The standard InChI is InChI=1S/C32H22N4O2/c37-25-5-1-3-19(15-25)31-27-11-9-23(34-27)17-21-7-8-22(33-21)18-24-10-12-28(35-24)32(30-14-13-29(31)36-30)20-4-2-6-26(38)16-20/h1-18,34-35,37-38H. The molecule has 182 valence electrons. The van der Waals surface area contributed by atoms with Crippen molar-refractivity contribution in [3.05, 3.63) is 108 Å². The largest absolute Gasteiger partial charge is 0.508 e. The molecule has 0 radical (unpaired) electrons. The van der Waals surface area contributed by atoms with Crippen LogP contribution < -0.4 is 0 Å². The molecular formula is C32H22N4O2. The second kappa shape index (κ2) is 8.64. The number of rotatable bonds is 2. The lowest BCUT2D eigenvalue weighted by Crippen LogP contribution is -1.88. The number of phenols is 2. The van der Waals surface area contributed by atoms with Crippen LogP contribution in [-0.2, 0) is 0 Å². The summed E-state index contributed by atoms with van der Waals surface area (Å²) < 4.78 is 0. The third-order valence-corrected chi connectivity index (χ3v) is 6.67. The Bertz CT molecular complexity index is 1820. The van der Waals surface area contributed by atoms with Crippen LogP contribution in [0.15, 0.2) is 84.9 Å². The average Bonchev–Trinajstić information content (AvgIpc) is 3.70. The molecule has 0 fully saturated rings. The van der Waals surface area contributed by atoms with Crippen molar-refractivity contribution >= 4 is 46.4 Å². The van der Waals surface area contributed by atoms with E-state index in [-0.39, 0.29) is 11.5 Å². The zero-order valence-electron chi connectivity index (χ0n) is 20.2. The van der Waals surface area contributed by atoms with Gasteiger partial charge in [0, 0.05) is 33.2 Å². The molecule has 2 aromatic carbocycles. The summed E-state index contributed by atoms with van der Waals surface area (Å²) in [7, 11) is 0. The normalized spacial score (nSPS) is 12.2. The minimum Gasteiger partial charge on any atom is -0.508 e. The second-order valence-corrected chi connectivity index (χ2v) is 9.30. The molecule has 8 bridgehead atoms. The van der Waals surface area contributed by atoms with Crippen molar-refractivity contribution in [2.45, 2.75) is 0 Å². The summed E-state index contributed by atoms with van der Waals surface area (Å²) in [6.45, 7) is 0. The number of H-pyrrole nitrogens is 2. The van der Waals surface area contributed by atoms with Gasteiger partial charge in [-0.3, -0.25) is 0 Å². The van der Waals surface area contributed by atoms with Crippen LogP contribution in [0.4, 0.5) is 0 Å². The van der Waals surface area contributed by atoms with Crippen LogP contribution in [-0.4, -0.2) is 30.1 Å². The summed E-state index contributed by atoms with van der Waals surface area (Å²) in [5.41, 5.74) is 10.2. The molecule has 0 amide bonds. The molecule has 5 heterocycles. The van der Waals surface area contributed by atoms with Gasteiger partial charge in [-0.25, -0.2) is 9.97 Å². The maximum atomic E-state index is 10.3. The Morgan fingerprint density at radius 2 is 1.00 bits per heavy atom. The SMILES string of the molecule is Oc1cccc(-c2c3nc(c(-c4cccc(O)c4)c4ccc(cc5nc(cc6ccc2[nH]6)C=C5)[nH]4)C=C3)c1. The van der Waals surface area contributed by atoms with Gasteiger partial charge < -0.3 is 20.2 Å². The predicted octanol–water partition coefficient (Wildman–Crippen LogP) is 7.40. The van der Waals surface area contributed by atoms with E-state index in [1.807, 2.05) is 85.0 Å². The molecule has 0 spiro atoms. The third kappa shape index (κ3) is 3.94. The Labute approximate surface area is 218 Å². The highest BCUT2D eigenvalue weighted by Gasteiger charge is 2.15. The summed E-state index contributed by atoms with van der Waals surface area (Å²) in [4.78, 5) is 16.8. The number of nitrogens with zero attached hydrogens (tertiary/aromatic N) is 2. The topological polar surface area (TPSA) is 97.8 Å². The minimum absolute atomic E-state index is 0.183. The Kier molecular flexibility index (Phi) is 4.97. The fourth-order valence-electron chi connectivity index (χ4n) is 5.00. The van der Waals surface area contributed by atoms with Crippen LogP contribution in [0.5, 0.6) is 11.5 Å². The second-order valence-electron chi connectivity index (χ2n) is 9.30. The molecule has 2 aliphatic rings. The predicted molar refractivity (Wildman–Crippen MR) is 153 cm³/mol. The van der Waals surface area contributed by atoms with E-state index in [1.54, 1.807) is 24.3 Å². The van der Waals surface area contributed by atoms with Gasteiger partial charge >= 0.3 is 0 Å². The number of fused-ring (bicyclic) bond motifs is 8. The van der Waals surface area contributed by atoms with E-state index < -0.39 is 0 Å². The fraction of sp³-hybridized carbons (Fsp3) is 0. The molecule has 7 rings (SSSR count). The van der Waals surface area contributed by atoms with Gasteiger partial charge in [0.2, 0.25) is 0 Å². The maximum Gasteiger partial charge on any atom is 0.116 e. The van der Waals surface area contributed by atoms with Crippen molar-refractivity contribution in [3.63, 3.8) is 0 Å². The number of hydrogen-bond donors (Lipinski definition) is 4. The van der Waals surface area contributed by atoms with Crippen molar-refractivity contribution in [2.75, 3.05) is 0 Å². The van der Waals surface area contributed by atoms with E-state index in [2.05, 4.69) is 9.97 Å². The van der Waals surface area contributed by atoms with Gasteiger partial charge in [0.05, 0.1) is 22.8 Å². The summed E-state index contributed by atoms with van der Waals surface area (Å²) in [5.74, 6) is 0.367. The van der Waals surface area contributed by atoms with Crippen LogP contribution in [0, 0.1) is 0 Å². The molecule has 5 aromatic rings. The first-order valence-corrected chi connectivity index (χ1v) is 12.3. The Hall–Kier alpha value is -5.36. The molecule has 38 heavy (non-hydrogen) atoms. The van der Waals surface area contributed by atoms with E-state index in [9.17, 15) is 10.2 Å². The van der Waals surface area contributed by atoms with Crippen LogP contribution in [0.1, 0.15) is 22.8 Å². The van der Waals surface area contributed by atoms with Crippen molar-refractivity contribution in [3.8, 4) is 33.8 Å². The highest BCUT2D eigenvalue weighted by Crippen LogP contribution is 2.35. The van der Waals surface area contributed by atoms with Gasteiger partial charge in [0.15, 0.2) is 0 Å². The monoisotopic (exact) mass is 494 g/mol. The van der Waals surface area contributed by atoms with Gasteiger partial charge in [-0.15, -0.1) is 0 Å². The average molecular weight is 495 g/mol. The molecule has 2 aliphatic heterocycles. The zero-order chi connectivity index (χ0) is 25.6. The van der Waals surface area contributed by atoms with E-state index in [0.29, 0.717) is 0 Å². The van der Waals surface area contributed by atoms with Gasteiger partial charge in [0.1, 0.15) is 11.5 Å². The highest BCUT2D eigenvalue weighted by molar-refractivity contribution is 5.95. The smallest absolute Gasteiger partial charge is 0.116 e. The van der Waals surface area contributed by atoms with E-state index in [0.717, 1.165) is 67.1 Å². The van der Waals surface area contributed by atoms with Gasteiger partial charge in [-0.1, -0.05) is 24.3 Å². The molecule has 6 heteroatoms. The minimum atomic E-state index is 0.183. The number of hydrogen-bond acceptors (Lipinski definition) is 4. The Morgan fingerprint density at radius 3 is 1.47 bits per heavy atom. The summed E-state index contributed by atoms with van der Waals surface area (Å²) >= 11 is 0. The summed E-state index contributed by atoms with van der Waals surface area (Å²) in [6, 6.07) is 26.4. The number of aromatic amines is 2. The quantitative estimate of drug-likeness (QED) is 0.201. The third-order valence-electron chi connectivity index (χ3n) is 6.67. The van der Waals surface area contributed by atoms with Crippen molar-refractivity contribution in [1.29, 1.82) is 0 Å². The molecule has 3 aromatic heterocycles. The Balaban J connectivity index is 1.64. The molecular weight excluding hydrogens is 472 g/mol. The zero-order valence-corrected chi connectivity index (χ0v) is 20.2. The number of aromatic nitrogens is 4. The first-order valence-electron chi connectivity index (χ1n) is 12.3. The number of phenolic OH excluding ortho intramolecular Hbond substituents is 2. The molecule has 0 unspecified atom stereocenters. The number of aromatic hydroxyl groups is 2. The van der Waals surface area contributed by atoms with Crippen molar-refractivity contribution < 1.29 is 10.2 Å². The molecule has 0 saturated heterocycles. The van der Waals surface area contributed by atoms with Crippen molar-refractivity contribution in [1.82, 2.24) is 19.9 Å². The van der Waals surface area contributed by atoms with Crippen LogP contribution in [0.25, 0.3) is 68.6 Å². The lowest BCUT2D eigenvalue weighted by molar-refractivity contribution is 0.475. The van der Waals surface area contributed by atoms with Crippen LogP contribution in [0.3, 0.4) is 0 Å². The lowest BCUT2D eigenvalue weighted by atomic mass is 10.0. The van der Waals surface area contributed by atoms with Gasteiger partial charge in [-0.2, -0.15) is 0 Å². The molecule has 6 nitrogen and oxygen atoms in total. The molecule has 0 saturated carbocycles. The van der Waals surface area contributed by atoms with Gasteiger partial charge in [0.25, 0.3) is 0 Å². The molecule has 0 atom stereocenters. The van der Waals surface area contributed by atoms with Crippen LogP contribution >= 0.6 is 0 Å². The first-order chi connectivity index (χ1) is 18.6. The molecule has 4 N–H and O–H groups in total. The lowest BCUT2D eigenvalue weighted by Gasteiger charge is -2.06. The summed E-state index contributed by atoms with van der Waals surface area (Å²) in [6.07, 6.45) is 7.95. The van der Waals surface area contributed by atoms with Gasteiger partial charge in [-0.05, 0) is 96.1 Å². The molecule has 0 aliphatic carbocycles. The van der Waals surface area contributed by atoms with E-state index in [1.165, 1.54) is 0 Å². The van der Waals surface area contributed by atoms with E-state index in [4.69, 9.17) is 9.97 Å². The fourth-order valence-corrected chi connectivity index (χ4v) is 5.00. The number of benzene rings is 2. The highest BCUT2D eigenvalue weighted by atomic mass is 16.3. The first kappa shape index (κ1) is 21.9. The Morgan fingerprint density at radius 1 is 0.500 bits per heavy atom. The van der Waals surface area contributed by atoms with Crippen LogP contribution in [0.2, 0.25) is 0 Å².